The van der Waals surface area contributed by atoms with Crippen LogP contribution in [0.1, 0.15) is 27.2 Å². The van der Waals surface area contributed by atoms with Gasteiger partial charge < -0.3 is 14.2 Å². The summed E-state index contributed by atoms with van der Waals surface area (Å²) in [4.78, 5) is 23.7. The van der Waals surface area contributed by atoms with Crippen LogP contribution >= 0.6 is 0 Å². The lowest BCUT2D eigenvalue weighted by Gasteiger charge is -2.10. The molecule has 0 atom stereocenters. The summed E-state index contributed by atoms with van der Waals surface area (Å²) in [6, 6.07) is 6.72. The quantitative estimate of drug-likeness (QED) is 0.734. The van der Waals surface area contributed by atoms with Crippen molar-refractivity contribution < 1.29 is 13.6 Å². The van der Waals surface area contributed by atoms with Crippen LogP contribution in [0.2, 0.25) is 0 Å². The molecule has 1 amide bonds. The van der Waals surface area contributed by atoms with E-state index in [1.54, 1.807) is 18.2 Å². The summed E-state index contributed by atoms with van der Waals surface area (Å²) in [5, 5.41) is 3.62. The number of amides is 1. The first-order chi connectivity index (χ1) is 10.5. The largest absolute Gasteiger partial charge is 0.459 e. The number of nitrogens with one attached hydrogen (secondary N) is 1. The highest BCUT2D eigenvalue weighted by Gasteiger charge is 2.15. The van der Waals surface area contributed by atoms with Gasteiger partial charge in [-0.15, -0.1) is 0 Å². The molecule has 2 heterocycles. The molecule has 112 valence electrons. The zero-order valence-electron chi connectivity index (χ0n) is 12.5. The van der Waals surface area contributed by atoms with Gasteiger partial charge in [0.2, 0.25) is 0 Å². The second kappa shape index (κ2) is 5.18. The molecular formula is C17H15NO4. The maximum atomic E-state index is 12.2. The fourth-order valence-corrected chi connectivity index (χ4v) is 2.39. The number of fused-ring (bicyclic) bond motifs is 1. The maximum Gasteiger partial charge on any atom is 0.336 e. The minimum atomic E-state index is -0.382. The highest BCUT2D eigenvalue weighted by atomic mass is 16.4. The first-order valence-electron chi connectivity index (χ1n) is 6.86. The Kier molecular flexibility index (Phi) is 3.33. The SMILES string of the molecule is Cc1cc2oc(=O)cc(C)c2cc1NC(=O)c1occc1C. The summed E-state index contributed by atoms with van der Waals surface area (Å²) in [6.07, 6.45) is 1.48. The van der Waals surface area contributed by atoms with E-state index in [-0.39, 0.29) is 17.3 Å². The molecule has 5 nitrogen and oxygen atoms in total. The van der Waals surface area contributed by atoms with Crippen LogP contribution in [-0.4, -0.2) is 5.91 Å². The second-order valence-corrected chi connectivity index (χ2v) is 5.30. The molecular weight excluding hydrogens is 282 g/mol. The summed E-state index contributed by atoms with van der Waals surface area (Å²) in [6.45, 7) is 5.48. The van der Waals surface area contributed by atoms with Crippen LogP contribution in [0.15, 0.2) is 44.2 Å². The predicted octanol–water partition coefficient (Wildman–Crippen LogP) is 3.56. The second-order valence-electron chi connectivity index (χ2n) is 5.30. The molecule has 3 aromatic rings. The number of rotatable bonds is 2. The van der Waals surface area contributed by atoms with Crippen LogP contribution in [0, 0.1) is 20.8 Å². The van der Waals surface area contributed by atoms with E-state index in [0.717, 1.165) is 22.1 Å². The number of hydrogen-bond acceptors (Lipinski definition) is 4. The van der Waals surface area contributed by atoms with Gasteiger partial charge in [-0.25, -0.2) is 4.79 Å². The van der Waals surface area contributed by atoms with E-state index in [1.807, 2.05) is 20.8 Å². The van der Waals surface area contributed by atoms with E-state index >= 15 is 0 Å². The molecule has 0 spiro atoms. The van der Waals surface area contributed by atoms with Crippen molar-refractivity contribution >= 4 is 22.6 Å². The molecule has 0 saturated heterocycles. The topological polar surface area (TPSA) is 72.5 Å². The fraction of sp³-hybridized carbons (Fsp3) is 0.176. The minimum absolute atomic E-state index is 0.288. The zero-order valence-corrected chi connectivity index (χ0v) is 12.5. The van der Waals surface area contributed by atoms with Crippen LogP contribution in [-0.2, 0) is 0 Å². The molecule has 0 bridgehead atoms. The highest BCUT2D eigenvalue weighted by molar-refractivity contribution is 6.04. The van der Waals surface area contributed by atoms with Crippen molar-refractivity contribution in [1.29, 1.82) is 0 Å². The van der Waals surface area contributed by atoms with Crippen LogP contribution < -0.4 is 10.9 Å². The molecule has 2 aromatic heterocycles. The first kappa shape index (κ1) is 14.1. The van der Waals surface area contributed by atoms with Gasteiger partial charge in [-0.05, 0) is 50.1 Å². The number of hydrogen-bond donors (Lipinski definition) is 1. The lowest BCUT2D eigenvalue weighted by Crippen LogP contribution is -2.13. The Morgan fingerprint density at radius 1 is 1.05 bits per heavy atom. The van der Waals surface area contributed by atoms with E-state index in [2.05, 4.69) is 5.32 Å². The standard InChI is InChI=1S/C17H15NO4/c1-9-4-5-21-16(9)17(20)18-13-8-12-10(2)7-15(19)22-14(12)6-11(13)3/h4-8H,1-3H3,(H,18,20). The van der Waals surface area contributed by atoms with E-state index in [9.17, 15) is 9.59 Å². The zero-order chi connectivity index (χ0) is 15.9. The van der Waals surface area contributed by atoms with Crippen LogP contribution in [0.3, 0.4) is 0 Å². The molecule has 0 radical (unpaired) electrons. The summed E-state index contributed by atoms with van der Waals surface area (Å²) in [7, 11) is 0. The number of carbonyl (C=O) groups excluding carboxylic acids is 1. The van der Waals surface area contributed by atoms with Gasteiger partial charge in [-0.2, -0.15) is 0 Å². The van der Waals surface area contributed by atoms with E-state index in [4.69, 9.17) is 8.83 Å². The smallest absolute Gasteiger partial charge is 0.336 e. The Labute approximate surface area is 126 Å². The van der Waals surface area contributed by atoms with Gasteiger partial charge in [0, 0.05) is 22.7 Å². The van der Waals surface area contributed by atoms with Gasteiger partial charge in [-0.1, -0.05) is 0 Å². The van der Waals surface area contributed by atoms with Crippen molar-refractivity contribution in [2.24, 2.45) is 0 Å². The van der Waals surface area contributed by atoms with Crippen molar-refractivity contribution in [3.63, 3.8) is 0 Å². The maximum absolute atomic E-state index is 12.2. The van der Waals surface area contributed by atoms with Crippen molar-refractivity contribution in [2.45, 2.75) is 20.8 Å². The lowest BCUT2D eigenvalue weighted by molar-refractivity contribution is 0.0996. The minimum Gasteiger partial charge on any atom is -0.459 e. The molecule has 0 aliphatic heterocycles. The normalized spacial score (nSPS) is 10.9. The molecule has 0 saturated carbocycles. The van der Waals surface area contributed by atoms with Crippen molar-refractivity contribution in [3.05, 3.63) is 63.4 Å². The third-order valence-electron chi connectivity index (χ3n) is 3.61. The van der Waals surface area contributed by atoms with E-state index < -0.39 is 0 Å². The molecule has 0 aliphatic rings. The molecule has 5 heteroatoms. The number of anilines is 1. The fourth-order valence-electron chi connectivity index (χ4n) is 2.39. The summed E-state index contributed by atoms with van der Waals surface area (Å²) in [5.74, 6) is -0.0178. The van der Waals surface area contributed by atoms with Gasteiger partial charge in [0.05, 0.1) is 6.26 Å². The summed E-state index contributed by atoms with van der Waals surface area (Å²) < 4.78 is 10.4. The Bertz CT molecular complexity index is 933. The average molecular weight is 297 g/mol. The van der Waals surface area contributed by atoms with Gasteiger partial charge in [0.25, 0.3) is 5.91 Å². The monoisotopic (exact) mass is 297 g/mol. The predicted molar refractivity (Wildman–Crippen MR) is 83.4 cm³/mol. The van der Waals surface area contributed by atoms with Crippen molar-refractivity contribution in [1.82, 2.24) is 0 Å². The average Bonchev–Trinajstić information content (AvgIpc) is 2.86. The number of furan rings is 1. The number of aryl methyl sites for hydroxylation is 3. The molecule has 0 aliphatic carbocycles. The number of benzene rings is 1. The Balaban J connectivity index is 2.04. The molecule has 22 heavy (non-hydrogen) atoms. The van der Waals surface area contributed by atoms with Gasteiger partial charge in [0.15, 0.2) is 5.76 Å². The van der Waals surface area contributed by atoms with E-state index in [1.165, 1.54) is 12.3 Å². The van der Waals surface area contributed by atoms with Crippen molar-refractivity contribution in [2.75, 3.05) is 5.32 Å². The molecule has 0 fully saturated rings. The lowest BCUT2D eigenvalue weighted by atomic mass is 10.1. The van der Waals surface area contributed by atoms with Crippen LogP contribution in [0.5, 0.6) is 0 Å². The molecule has 0 unspecified atom stereocenters. The first-order valence-corrected chi connectivity index (χ1v) is 6.86. The van der Waals surface area contributed by atoms with Gasteiger partial charge >= 0.3 is 5.63 Å². The van der Waals surface area contributed by atoms with Gasteiger partial charge in [0.1, 0.15) is 5.58 Å². The Morgan fingerprint density at radius 3 is 2.50 bits per heavy atom. The third kappa shape index (κ3) is 2.41. The third-order valence-corrected chi connectivity index (χ3v) is 3.61. The Hall–Kier alpha value is -2.82. The highest BCUT2D eigenvalue weighted by Crippen LogP contribution is 2.25. The van der Waals surface area contributed by atoms with Crippen molar-refractivity contribution in [3.8, 4) is 0 Å². The van der Waals surface area contributed by atoms with E-state index in [0.29, 0.717) is 11.3 Å². The number of carbonyl (C=O) groups is 1. The molecule has 1 N–H and O–H groups in total. The summed E-state index contributed by atoms with van der Waals surface area (Å²) >= 11 is 0. The summed E-state index contributed by atoms with van der Waals surface area (Å²) in [5.41, 5.74) is 3.17. The van der Waals surface area contributed by atoms with Crippen LogP contribution in [0.4, 0.5) is 5.69 Å². The van der Waals surface area contributed by atoms with Gasteiger partial charge in [-0.3, -0.25) is 4.79 Å². The Morgan fingerprint density at radius 2 is 1.82 bits per heavy atom. The molecule has 3 rings (SSSR count). The molecule has 1 aromatic carbocycles. The van der Waals surface area contributed by atoms with Crippen LogP contribution in [0.25, 0.3) is 11.0 Å².